The number of hydrogen-bond donors (Lipinski definition) is 3. The molecular weight excluding hydrogens is 471 g/mol. The predicted molar refractivity (Wildman–Crippen MR) is 127 cm³/mol. The van der Waals surface area contributed by atoms with Crippen molar-refractivity contribution >= 4 is 41.3 Å². The van der Waals surface area contributed by atoms with Crippen LogP contribution in [0.4, 0.5) is 0 Å². The molecule has 1 aliphatic carbocycles. The van der Waals surface area contributed by atoms with Crippen LogP contribution in [0.15, 0.2) is 22.5 Å². The first-order valence-corrected chi connectivity index (χ1v) is 10.9. The van der Waals surface area contributed by atoms with Crippen LogP contribution in [0.5, 0.6) is 0 Å². The fourth-order valence-corrected chi connectivity index (χ4v) is 4.26. The highest BCUT2D eigenvalue weighted by atomic mass is 127. The summed E-state index contributed by atoms with van der Waals surface area (Å²) in [5.41, 5.74) is -0.919. The van der Waals surface area contributed by atoms with E-state index >= 15 is 0 Å². The van der Waals surface area contributed by atoms with Gasteiger partial charge in [0.25, 0.3) is 0 Å². The molecule has 1 unspecified atom stereocenters. The van der Waals surface area contributed by atoms with Crippen molar-refractivity contribution in [1.29, 1.82) is 0 Å². The summed E-state index contributed by atoms with van der Waals surface area (Å²) in [5.74, 6) is 0.782. The second-order valence-corrected chi connectivity index (χ2v) is 8.45. The van der Waals surface area contributed by atoms with Gasteiger partial charge in [-0.3, -0.25) is 0 Å². The number of hydrogen-bond acceptors (Lipinski definition) is 4. The first-order valence-electron chi connectivity index (χ1n) is 10.0. The summed E-state index contributed by atoms with van der Waals surface area (Å²) in [4.78, 5) is 8.06. The first kappa shape index (κ1) is 24.7. The minimum Gasteiger partial charge on any atom is -0.383 e. The molecule has 1 atom stereocenters. The molecule has 1 aromatic heterocycles. The van der Waals surface area contributed by atoms with Crippen LogP contribution in [0, 0.1) is 0 Å². The van der Waals surface area contributed by atoms with Crippen molar-refractivity contribution in [2.45, 2.75) is 64.0 Å². The molecule has 27 heavy (non-hydrogen) atoms. The zero-order valence-corrected chi connectivity index (χ0v) is 20.2. The fourth-order valence-electron chi connectivity index (χ4n) is 3.48. The molecule has 1 heterocycles. The lowest BCUT2D eigenvalue weighted by atomic mass is 9.94. The number of thiophene rings is 1. The van der Waals surface area contributed by atoms with E-state index in [1.165, 1.54) is 32.1 Å². The zero-order chi connectivity index (χ0) is 18.8. The number of guanidine groups is 1. The van der Waals surface area contributed by atoms with Gasteiger partial charge in [0.2, 0.25) is 0 Å². The summed E-state index contributed by atoms with van der Waals surface area (Å²) >= 11 is 1.57. The summed E-state index contributed by atoms with van der Waals surface area (Å²) in [5, 5.41) is 19.3. The summed E-state index contributed by atoms with van der Waals surface area (Å²) in [6, 6.07) is 4.69. The average molecular weight is 509 g/mol. The summed E-state index contributed by atoms with van der Waals surface area (Å²) in [6.45, 7) is 7.06. The van der Waals surface area contributed by atoms with Crippen molar-refractivity contribution < 1.29 is 5.11 Å². The van der Waals surface area contributed by atoms with Crippen molar-refractivity contribution in [3.8, 4) is 0 Å². The Hall–Kier alpha value is -0.380. The molecule has 0 aromatic carbocycles. The first-order chi connectivity index (χ1) is 12.5. The Kier molecular flexibility index (Phi) is 11.8. The lowest BCUT2D eigenvalue weighted by molar-refractivity contribution is 0.0711. The maximum absolute atomic E-state index is 10.6. The van der Waals surface area contributed by atoms with E-state index in [0.29, 0.717) is 6.54 Å². The van der Waals surface area contributed by atoms with Gasteiger partial charge in [-0.2, -0.15) is 0 Å². The monoisotopic (exact) mass is 508 g/mol. The lowest BCUT2D eigenvalue weighted by Gasteiger charge is -2.31. The van der Waals surface area contributed by atoms with Gasteiger partial charge < -0.3 is 20.6 Å². The quantitative estimate of drug-likeness (QED) is 0.206. The van der Waals surface area contributed by atoms with Crippen molar-refractivity contribution in [2.24, 2.45) is 4.99 Å². The second-order valence-electron chi connectivity index (χ2n) is 7.50. The Bertz CT molecular complexity index is 530. The molecular formula is C20H37IN4OS. The summed E-state index contributed by atoms with van der Waals surface area (Å²) in [6.07, 6.45) is 7.98. The van der Waals surface area contributed by atoms with Crippen LogP contribution in [-0.4, -0.2) is 55.2 Å². The fraction of sp³-hybridized carbons (Fsp3) is 0.750. The van der Waals surface area contributed by atoms with Crippen LogP contribution in [0.25, 0.3) is 0 Å². The van der Waals surface area contributed by atoms with Gasteiger partial charge in [0, 0.05) is 24.0 Å². The second kappa shape index (κ2) is 13.0. The third-order valence-electron chi connectivity index (χ3n) is 5.12. The van der Waals surface area contributed by atoms with Crippen LogP contribution in [0.3, 0.4) is 0 Å². The van der Waals surface area contributed by atoms with Gasteiger partial charge in [-0.1, -0.05) is 25.3 Å². The number of aliphatic imine (C=N–C) groups is 1. The Morgan fingerprint density at radius 2 is 2.07 bits per heavy atom. The van der Waals surface area contributed by atoms with E-state index in [0.717, 1.165) is 42.9 Å². The predicted octanol–water partition coefficient (Wildman–Crippen LogP) is 3.78. The summed E-state index contributed by atoms with van der Waals surface area (Å²) in [7, 11) is 2.26. The van der Waals surface area contributed by atoms with Gasteiger partial charge >= 0.3 is 0 Å². The molecule has 3 N–H and O–H groups in total. The highest BCUT2D eigenvalue weighted by Crippen LogP contribution is 2.25. The van der Waals surface area contributed by atoms with Crippen molar-refractivity contribution in [3.05, 3.63) is 22.4 Å². The molecule has 156 valence electrons. The van der Waals surface area contributed by atoms with E-state index in [4.69, 9.17) is 0 Å². The van der Waals surface area contributed by atoms with E-state index in [9.17, 15) is 5.11 Å². The summed E-state index contributed by atoms with van der Waals surface area (Å²) < 4.78 is 0. The number of rotatable bonds is 9. The SMILES string of the molecule is CCNC(=NCC(C)(O)c1cccs1)NCCCN(C)C1CCCCC1.I. The highest BCUT2D eigenvalue weighted by Gasteiger charge is 2.24. The molecule has 0 aliphatic heterocycles. The molecule has 0 saturated heterocycles. The molecule has 0 spiro atoms. The van der Waals surface area contributed by atoms with Gasteiger partial charge in [0.05, 0.1) is 6.54 Å². The highest BCUT2D eigenvalue weighted by molar-refractivity contribution is 14.0. The number of halogens is 1. The van der Waals surface area contributed by atoms with Crippen molar-refractivity contribution in [1.82, 2.24) is 15.5 Å². The molecule has 0 bridgehead atoms. The molecule has 5 nitrogen and oxygen atoms in total. The van der Waals surface area contributed by atoms with Crippen LogP contribution >= 0.6 is 35.3 Å². The Balaban J connectivity index is 0.00000364. The topological polar surface area (TPSA) is 59.9 Å². The standard InChI is InChI=1S/C20H36N4OS.HI/c1-4-21-19(23-16-20(2,25)18-12-8-15-26-18)22-13-9-14-24(3)17-10-6-5-7-11-17;/h8,12,15,17,25H,4-7,9-11,13-14,16H2,1-3H3,(H2,21,22,23);1H. The molecule has 0 amide bonds. The van der Waals surface area contributed by atoms with E-state index < -0.39 is 5.60 Å². The normalized spacial score (nSPS) is 18.0. The van der Waals surface area contributed by atoms with Gasteiger partial charge in [0.1, 0.15) is 5.60 Å². The largest absolute Gasteiger partial charge is 0.383 e. The molecule has 7 heteroatoms. The van der Waals surface area contributed by atoms with E-state index in [1.54, 1.807) is 11.3 Å². The van der Waals surface area contributed by atoms with E-state index in [1.807, 2.05) is 24.4 Å². The smallest absolute Gasteiger partial charge is 0.191 e. The maximum Gasteiger partial charge on any atom is 0.191 e. The molecule has 2 rings (SSSR count). The Morgan fingerprint density at radius 1 is 1.33 bits per heavy atom. The average Bonchev–Trinajstić information content (AvgIpc) is 3.19. The molecule has 1 aliphatic rings. The van der Waals surface area contributed by atoms with Crippen molar-refractivity contribution in [3.63, 3.8) is 0 Å². The van der Waals surface area contributed by atoms with E-state index in [-0.39, 0.29) is 24.0 Å². The minimum absolute atomic E-state index is 0. The van der Waals surface area contributed by atoms with Gasteiger partial charge in [-0.15, -0.1) is 35.3 Å². The number of aliphatic hydroxyl groups is 1. The van der Waals surface area contributed by atoms with Crippen LogP contribution in [-0.2, 0) is 5.60 Å². The molecule has 1 fully saturated rings. The Morgan fingerprint density at radius 3 is 2.70 bits per heavy atom. The third-order valence-corrected chi connectivity index (χ3v) is 6.24. The van der Waals surface area contributed by atoms with E-state index in [2.05, 4.69) is 34.5 Å². The van der Waals surface area contributed by atoms with Crippen LogP contribution < -0.4 is 10.6 Å². The van der Waals surface area contributed by atoms with Crippen LogP contribution in [0.1, 0.15) is 57.2 Å². The van der Waals surface area contributed by atoms with Gasteiger partial charge in [0.15, 0.2) is 5.96 Å². The third kappa shape index (κ3) is 8.66. The number of nitrogens with zero attached hydrogens (tertiary/aromatic N) is 2. The maximum atomic E-state index is 10.6. The van der Waals surface area contributed by atoms with Crippen molar-refractivity contribution in [2.75, 3.05) is 33.2 Å². The minimum atomic E-state index is -0.919. The lowest BCUT2D eigenvalue weighted by Crippen LogP contribution is -2.40. The molecule has 1 saturated carbocycles. The molecule has 1 aromatic rings. The number of nitrogens with one attached hydrogen (secondary N) is 2. The van der Waals surface area contributed by atoms with Crippen LogP contribution in [0.2, 0.25) is 0 Å². The van der Waals surface area contributed by atoms with Gasteiger partial charge in [-0.05, 0) is 58.1 Å². The molecule has 0 radical (unpaired) electrons. The zero-order valence-electron chi connectivity index (χ0n) is 17.0. The Labute approximate surface area is 186 Å². The van der Waals surface area contributed by atoms with Gasteiger partial charge in [-0.25, -0.2) is 4.99 Å².